The molecule has 0 atom stereocenters. The van der Waals surface area contributed by atoms with Crippen LogP contribution in [-0.2, 0) is 0 Å². The summed E-state index contributed by atoms with van der Waals surface area (Å²) in [6, 6.07) is 0. The minimum atomic E-state index is 0.337. The molecule has 13 heavy (non-hydrogen) atoms. The van der Waals surface area contributed by atoms with Crippen molar-refractivity contribution in [3.8, 4) is 0 Å². The molecule has 1 aromatic heterocycles. The second-order valence-electron chi connectivity index (χ2n) is 2.30. The molecule has 0 aliphatic carbocycles. The molecule has 0 aliphatic heterocycles. The van der Waals surface area contributed by atoms with Crippen molar-refractivity contribution in [1.29, 1.82) is 0 Å². The van der Waals surface area contributed by atoms with Crippen molar-refractivity contribution >= 4 is 23.6 Å². The Balaban J connectivity index is 2.92. The van der Waals surface area contributed by atoms with E-state index in [1.54, 1.807) is 12.3 Å². The maximum Gasteiger partial charge on any atom is 0.176 e. The van der Waals surface area contributed by atoms with Gasteiger partial charge < -0.3 is 5.73 Å². The molecule has 0 amide bonds. The number of hydrogen-bond donors (Lipinski definition) is 2. The second-order valence-corrected chi connectivity index (χ2v) is 2.66. The monoisotopic (exact) mass is 197 g/mol. The normalized spacial score (nSPS) is 10.5. The largest absolute Gasteiger partial charge is 0.383 e. The van der Waals surface area contributed by atoms with Crippen molar-refractivity contribution in [1.82, 2.24) is 9.97 Å². The molecule has 0 saturated carbocycles. The van der Waals surface area contributed by atoms with E-state index in [0.29, 0.717) is 23.1 Å². The zero-order chi connectivity index (χ0) is 9.68. The average molecular weight is 198 g/mol. The van der Waals surface area contributed by atoms with Crippen molar-refractivity contribution in [3.63, 3.8) is 0 Å². The number of rotatable bonds is 3. The third-order valence-corrected chi connectivity index (χ3v) is 1.68. The summed E-state index contributed by atoms with van der Waals surface area (Å²) in [4.78, 5) is 10.5. The second kappa shape index (κ2) is 4.57. The Hall–Kier alpha value is -1.42. The zero-order valence-electron chi connectivity index (χ0n) is 7.00. The van der Waals surface area contributed by atoms with Crippen LogP contribution in [0, 0.1) is 0 Å². The average Bonchev–Trinajstić information content (AvgIpc) is 2.10. The van der Waals surface area contributed by atoms with E-state index in [1.807, 2.05) is 0 Å². The Morgan fingerprint density at radius 1 is 1.62 bits per heavy atom. The molecule has 5 heteroatoms. The van der Waals surface area contributed by atoms with Crippen LogP contribution in [0.1, 0.15) is 5.56 Å². The van der Waals surface area contributed by atoms with Gasteiger partial charge in [-0.3, -0.25) is 0 Å². The van der Waals surface area contributed by atoms with Gasteiger partial charge in [-0.2, -0.15) is 0 Å². The standard InChI is InChI=1S/C8H9ClN4/c1-2-3-11-4-6-7(9)12-5-13-8(6)10/h2,4-5H,1,3H2,(H2,10,12,13)/p+1. The van der Waals surface area contributed by atoms with E-state index in [2.05, 4.69) is 21.5 Å². The van der Waals surface area contributed by atoms with Gasteiger partial charge in [-0.1, -0.05) is 18.2 Å². The van der Waals surface area contributed by atoms with Gasteiger partial charge >= 0.3 is 0 Å². The lowest BCUT2D eigenvalue weighted by atomic mass is 10.3. The van der Waals surface area contributed by atoms with Gasteiger partial charge in [-0.05, 0) is 6.08 Å². The first-order valence-corrected chi connectivity index (χ1v) is 4.07. The van der Waals surface area contributed by atoms with Gasteiger partial charge in [0.25, 0.3) is 0 Å². The van der Waals surface area contributed by atoms with Crippen molar-refractivity contribution in [2.24, 2.45) is 0 Å². The molecule has 0 spiro atoms. The topological polar surface area (TPSA) is 65.8 Å². The molecular weight excluding hydrogens is 188 g/mol. The summed E-state index contributed by atoms with van der Waals surface area (Å²) in [6.07, 6.45) is 4.71. The number of hydrogen-bond acceptors (Lipinski definition) is 3. The fourth-order valence-corrected chi connectivity index (χ4v) is 0.959. The number of nitrogens with two attached hydrogens (primary N) is 1. The number of nitrogen functional groups attached to an aromatic ring is 1. The molecule has 0 saturated heterocycles. The first-order valence-electron chi connectivity index (χ1n) is 3.69. The quantitative estimate of drug-likeness (QED) is 0.386. The van der Waals surface area contributed by atoms with Crippen LogP contribution >= 0.6 is 11.6 Å². The van der Waals surface area contributed by atoms with Crippen LogP contribution in [0.25, 0.3) is 0 Å². The van der Waals surface area contributed by atoms with Gasteiger partial charge in [0.1, 0.15) is 22.9 Å². The third-order valence-electron chi connectivity index (χ3n) is 1.37. The Kier molecular flexibility index (Phi) is 3.40. The fourth-order valence-electron chi connectivity index (χ4n) is 0.764. The molecular formula is C8H10ClN4+. The lowest BCUT2D eigenvalue weighted by molar-refractivity contribution is -0.438. The summed E-state index contributed by atoms with van der Waals surface area (Å²) in [7, 11) is 0. The van der Waals surface area contributed by atoms with Crippen molar-refractivity contribution in [2.75, 3.05) is 12.3 Å². The molecule has 1 rings (SSSR count). The van der Waals surface area contributed by atoms with Gasteiger partial charge in [0.15, 0.2) is 12.8 Å². The van der Waals surface area contributed by atoms with E-state index in [9.17, 15) is 0 Å². The molecule has 68 valence electrons. The molecule has 4 nitrogen and oxygen atoms in total. The van der Waals surface area contributed by atoms with Gasteiger partial charge in [0, 0.05) is 0 Å². The van der Waals surface area contributed by atoms with Crippen LogP contribution in [0.5, 0.6) is 0 Å². The summed E-state index contributed by atoms with van der Waals surface area (Å²) in [6.45, 7) is 4.20. The number of anilines is 1. The molecule has 1 heterocycles. The van der Waals surface area contributed by atoms with Gasteiger partial charge in [-0.25, -0.2) is 15.0 Å². The van der Waals surface area contributed by atoms with Crippen molar-refractivity contribution in [3.05, 3.63) is 29.7 Å². The molecule has 3 N–H and O–H groups in total. The summed E-state index contributed by atoms with van der Waals surface area (Å²) in [5, 5.41) is 0.337. The van der Waals surface area contributed by atoms with E-state index in [1.165, 1.54) is 6.33 Å². The van der Waals surface area contributed by atoms with E-state index in [0.717, 1.165) is 0 Å². The van der Waals surface area contributed by atoms with Crippen LogP contribution in [0.2, 0.25) is 5.15 Å². The maximum atomic E-state index is 5.78. The van der Waals surface area contributed by atoms with Crippen molar-refractivity contribution < 1.29 is 4.99 Å². The van der Waals surface area contributed by atoms with Crippen LogP contribution in [0.15, 0.2) is 19.0 Å². The molecule has 0 aromatic carbocycles. The molecule has 0 unspecified atom stereocenters. The van der Waals surface area contributed by atoms with Gasteiger partial charge in [0.2, 0.25) is 0 Å². The summed E-state index contributed by atoms with van der Waals surface area (Å²) in [5.74, 6) is 0.358. The smallest absolute Gasteiger partial charge is 0.176 e. The highest BCUT2D eigenvalue weighted by Crippen LogP contribution is 2.12. The lowest BCUT2D eigenvalue weighted by Crippen LogP contribution is -2.68. The number of aromatic nitrogens is 2. The predicted molar refractivity (Wildman–Crippen MR) is 52.6 cm³/mol. The van der Waals surface area contributed by atoms with E-state index >= 15 is 0 Å². The lowest BCUT2D eigenvalue weighted by Gasteiger charge is -1.96. The highest BCUT2D eigenvalue weighted by Gasteiger charge is 2.05. The highest BCUT2D eigenvalue weighted by atomic mass is 35.5. The molecule has 0 aliphatic rings. The maximum absolute atomic E-state index is 5.78. The van der Waals surface area contributed by atoms with Crippen molar-refractivity contribution in [2.45, 2.75) is 0 Å². The predicted octanol–water partition coefficient (Wildman–Crippen LogP) is -0.602. The first kappa shape index (κ1) is 9.67. The Morgan fingerprint density at radius 2 is 2.38 bits per heavy atom. The van der Waals surface area contributed by atoms with Gasteiger partial charge in [-0.15, -0.1) is 0 Å². The van der Waals surface area contributed by atoms with E-state index in [4.69, 9.17) is 17.3 Å². The number of nitrogens with zero attached hydrogens (tertiary/aromatic N) is 2. The highest BCUT2D eigenvalue weighted by molar-refractivity contribution is 6.32. The molecule has 0 radical (unpaired) electrons. The molecule has 1 aromatic rings. The summed E-state index contributed by atoms with van der Waals surface area (Å²) >= 11 is 5.78. The Morgan fingerprint density at radius 3 is 3.00 bits per heavy atom. The molecule has 0 fully saturated rings. The van der Waals surface area contributed by atoms with Crippen LogP contribution in [0.3, 0.4) is 0 Å². The first-order chi connectivity index (χ1) is 6.25. The summed E-state index contributed by atoms with van der Waals surface area (Å²) < 4.78 is 0. The van der Waals surface area contributed by atoms with Crippen LogP contribution in [0.4, 0.5) is 5.82 Å². The Bertz CT molecular complexity index is 315. The third kappa shape index (κ3) is 2.52. The Labute approximate surface area is 81.2 Å². The van der Waals surface area contributed by atoms with E-state index < -0.39 is 0 Å². The zero-order valence-corrected chi connectivity index (χ0v) is 7.75. The summed E-state index contributed by atoms with van der Waals surface area (Å²) in [5.41, 5.74) is 6.17. The van der Waals surface area contributed by atoms with Crippen LogP contribution in [-0.4, -0.2) is 22.7 Å². The SMILES string of the molecule is C=CC[NH+]=Cc1c(N)ncnc1Cl. The fraction of sp³-hybridized carbons (Fsp3) is 0.125. The van der Waals surface area contributed by atoms with E-state index in [-0.39, 0.29) is 0 Å². The molecule has 0 bridgehead atoms. The van der Waals surface area contributed by atoms with Gasteiger partial charge in [0.05, 0.1) is 0 Å². The van der Waals surface area contributed by atoms with Crippen LogP contribution < -0.4 is 10.7 Å². The minimum absolute atomic E-state index is 0.337. The number of nitrogens with one attached hydrogen (secondary N) is 1. The minimum Gasteiger partial charge on any atom is -0.383 e. The number of halogens is 1.